The van der Waals surface area contributed by atoms with E-state index in [1.165, 1.54) is 24.3 Å². The van der Waals surface area contributed by atoms with Crippen molar-refractivity contribution in [3.63, 3.8) is 0 Å². The van der Waals surface area contributed by atoms with Crippen molar-refractivity contribution in [3.05, 3.63) is 106 Å². The molecule has 0 spiro atoms. The molecule has 0 saturated carbocycles. The van der Waals surface area contributed by atoms with Crippen molar-refractivity contribution >= 4 is 5.78 Å². The Hall–Kier alpha value is -3.25. The molecule has 0 amide bonds. The maximum Gasteiger partial charge on any atom is 0.193 e. The molecule has 0 aliphatic carbocycles. The molecule has 0 saturated heterocycles. The smallest absolute Gasteiger partial charge is 0.193 e. The number of carbonyl (C=O) groups is 1. The minimum atomic E-state index is -0.379. The molecule has 2 nitrogen and oxygen atoms in total. The summed E-state index contributed by atoms with van der Waals surface area (Å²) in [5.41, 5.74) is 3.84. The predicted octanol–water partition coefficient (Wildman–Crippen LogP) is 5.02. The number of ketones is 1. The van der Waals surface area contributed by atoms with Gasteiger partial charge in [0.05, 0.1) is 12.0 Å². The van der Waals surface area contributed by atoms with E-state index in [0.717, 1.165) is 16.7 Å². The van der Waals surface area contributed by atoms with Gasteiger partial charge in [0.2, 0.25) is 0 Å². The van der Waals surface area contributed by atoms with Crippen LogP contribution in [0.5, 0.6) is 0 Å². The molecule has 0 heterocycles. The van der Waals surface area contributed by atoms with Gasteiger partial charge in [0.25, 0.3) is 0 Å². The second-order valence-corrected chi connectivity index (χ2v) is 5.93. The molecular weight excluding hydrogens is 313 g/mol. The van der Waals surface area contributed by atoms with E-state index < -0.39 is 0 Å². The second kappa shape index (κ2) is 7.11. The van der Waals surface area contributed by atoms with Crippen molar-refractivity contribution in [1.82, 2.24) is 0 Å². The van der Waals surface area contributed by atoms with Crippen LogP contribution >= 0.6 is 0 Å². The normalized spacial score (nSPS) is 11.6. The van der Waals surface area contributed by atoms with Crippen LogP contribution in [0.1, 0.15) is 38.5 Å². The first-order valence-corrected chi connectivity index (χ1v) is 7.95. The zero-order chi connectivity index (χ0) is 17.8. The van der Waals surface area contributed by atoms with E-state index >= 15 is 0 Å². The van der Waals surface area contributed by atoms with Crippen LogP contribution in [0.25, 0.3) is 0 Å². The molecule has 0 aromatic heterocycles. The lowest BCUT2D eigenvalue weighted by Crippen LogP contribution is -2.03. The van der Waals surface area contributed by atoms with E-state index in [1.807, 2.05) is 31.2 Å². The number of hydrogen-bond acceptors (Lipinski definition) is 2. The molecule has 25 heavy (non-hydrogen) atoms. The number of hydrogen-bond donors (Lipinski definition) is 0. The van der Waals surface area contributed by atoms with Crippen LogP contribution in [0.15, 0.2) is 72.8 Å². The molecule has 1 atom stereocenters. The van der Waals surface area contributed by atoms with Crippen LogP contribution in [0.3, 0.4) is 0 Å². The quantitative estimate of drug-likeness (QED) is 0.631. The van der Waals surface area contributed by atoms with Gasteiger partial charge in [-0.05, 0) is 42.3 Å². The van der Waals surface area contributed by atoms with Crippen LogP contribution in [-0.4, -0.2) is 5.78 Å². The third kappa shape index (κ3) is 3.64. The van der Waals surface area contributed by atoms with Crippen LogP contribution in [0.2, 0.25) is 0 Å². The fourth-order valence-electron chi connectivity index (χ4n) is 2.70. The molecule has 0 aliphatic heterocycles. The second-order valence-electron chi connectivity index (χ2n) is 5.93. The van der Waals surface area contributed by atoms with Crippen molar-refractivity contribution in [2.24, 2.45) is 0 Å². The van der Waals surface area contributed by atoms with Gasteiger partial charge in [-0.25, -0.2) is 4.39 Å². The summed E-state index contributed by atoms with van der Waals surface area (Å²) < 4.78 is 13.0. The standard InChI is InChI=1S/C22H16FNO/c1-15-2-4-16(5-3-15)21(14-24)17-6-8-18(9-7-17)22(25)19-10-12-20(23)13-11-19/h2-13,21H,1H3/t21-/m1/s1. The molecule has 122 valence electrons. The van der Waals surface area contributed by atoms with Gasteiger partial charge in [-0.15, -0.1) is 0 Å². The summed E-state index contributed by atoms with van der Waals surface area (Å²) in [6.45, 7) is 2.00. The number of rotatable bonds is 4. The van der Waals surface area contributed by atoms with E-state index in [1.54, 1.807) is 24.3 Å². The number of halogens is 1. The SMILES string of the molecule is Cc1ccc([C@@H](C#N)c2ccc(C(=O)c3ccc(F)cc3)cc2)cc1. The first-order valence-electron chi connectivity index (χ1n) is 7.95. The van der Waals surface area contributed by atoms with E-state index in [2.05, 4.69) is 6.07 Å². The summed E-state index contributed by atoms with van der Waals surface area (Å²) in [6, 6.07) is 22.6. The first kappa shape index (κ1) is 16.6. The summed E-state index contributed by atoms with van der Waals surface area (Å²) in [4.78, 5) is 12.4. The molecule has 3 aromatic rings. The molecule has 0 fully saturated rings. The van der Waals surface area contributed by atoms with Crippen LogP contribution in [-0.2, 0) is 0 Å². The van der Waals surface area contributed by atoms with Gasteiger partial charge in [-0.2, -0.15) is 5.26 Å². The Morgan fingerprint density at radius 3 is 1.76 bits per heavy atom. The largest absolute Gasteiger partial charge is 0.289 e. The van der Waals surface area contributed by atoms with Crippen LogP contribution in [0.4, 0.5) is 4.39 Å². The van der Waals surface area contributed by atoms with Gasteiger partial charge in [0.15, 0.2) is 5.78 Å². The van der Waals surface area contributed by atoms with Gasteiger partial charge in [0.1, 0.15) is 5.82 Å². The van der Waals surface area contributed by atoms with Gasteiger partial charge in [0, 0.05) is 11.1 Å². The van der Waals surface area contributed by atoms with Gasteiger partial charge >= 0.3 is 0 Å². The molecule has 0 aliphatic rings. The van der Waals surface area contributed by atoms with Gasteiger partial charge < -0.3 is 0 Å². The van der Waals surface area contributed by atoms with Crippen molar-refractivity contribution in [3.8, 4) is 6.07 Å². The Labute approximate surface area is 146 Å². The third-order valence-electron chi connectivity index (χ3n) is 4.15. The summed E-state index contributed by atoms with van der Waals surface area (Å²) in [5, 5.41) is 9.53. The van der Waals surface area contributed by atoms with Crippen molar-refractivity contribution in [1.29, 1.82) is 5.26 Å². The highest BCUT2D eigenvalue weighted by Crippen LogP contribution is 2.25. The third-order valence-corrected chi connectivity index (χ3v) is 4.15. The lowest BCUT2D eigenvalue weighted by molar-refractivity contribution is 0.103. The van der Waals surface area contributed by atoms with Crippen LogP contribution in [0, 0.1) is 24.1 Å². The number of carbonyl (C=O) groups excluding carboxylic acids is 1. The minimum absolute atomic E-state index is 0.171. The predicted molar refractivity (Wildman–Crippen MR) is 94.9 cm³/mol. The molecule has 3 rings (SSSR count). The van der Waals surface area contributed by atoms with E-state index in [9.17, 15) is 14.4 Å². The Balaban J connectivity index is 1.86. The summed E-state index contributed by atoms with van der Waals surface area (Å²) in [5.74, 6) is -0.923. The van der Waals surface area contributed by atoms with Crippen molar-refractivity contribution in [2.45, 2.75) is 12.8 Å². The average molecular weight is 329 g/mol. The average Bonchev–Trinajstić information content (AvgIpc) is 2.64. The summed E-state index contributed by atoms with van der Waals surface area (Å²) >= 11 is 0. The van der Waals surface area contributed by atoms with E-state index in [4.69, 9.17) is 0 Å². The zero-order valence-electron chi connectivity index (χ0n) is 13.7. The first-order chi connectivity index (χ1) is 12.1. The highest BCUT2D eigenvalue weighted by atomic mass is 19.1. The van der Waals surface area contributed by atoms with Crippen molar-refractivity contribution < 1.29 is 9.18 Å². The number of aryl methyl sites for hydroxylation is 1. The Kier molecular flexibility index (Phi) is 4.72. The number of benzene rings is 3. The van der Waals surface area contributed by atoms with Crippen molar-refractivity contribution in [2.75, 3.05) is 0 Å². The molecule has 0 unspecified atom stereocenters. The molecule has 0 N–H and O–H groups in total. The fraction of sp³-hybridized carbons (Fsp3) is 0.0909. The maximum atomic E-state index is 13.0. The van der Waals surface area contributed by atoms with Gasteiger partial charge in [-0.1, -0.05) is 54.1 Å². The fourth-order valence-corrected chi connectivity index (χ4v) is 2.70. The zero-order valence-corrected chi connectivity index (χ0v) is 13.7. The Morgan fingerprint density at radius 2 is 1.28 bits per heavy atom. The number of nitriles is 1. The maximum absolute atomic E-state index is 13.0. The van der Waals surface area contributed by atoms with Gasteiger partial charge in [-0.3, -0.25) is 4.79 Å². The van der Waals surface area contributed by atoms with Crippen LogP contribution < -0.4 is 0 Å². The summed E-state index contributed by atoms with van der Waals surface area (Å²) in [7, 11) is 0. The number of nitrogens with zero attached hydrogens (tertiary/aromatic N) is 1. The molecule has 0 radical (unpaired) electrons. The Morgan fingerprint density at radius 1 is 0.840 bits per heavy atom. The Bertz CT molecular complexity index is 920. The van der Waals surface area contributed by atoms with E-state index in [0.29, 0.717) is 11.1 Å². The molecule has 3 aromatic carbocycles. The highest BCUT2D eigenvalue weighted by Gasteiger charge is 2.15. The summed E-state index contributed by atoms with van der Waals surface area (Å²) in [6.07, 6.45) is 0. The van der Waals surface area contributed by atoms with E-state index in [-0.39, 0.29) is 17.5 Å². The lowest BCUT2D eigenvalue weighted by Gasteiger charge is -2.11. The molecule has 3 heteroatoms. The highest BCUT2D eigenvalue weighted by molar-refractivity contribution is 6.08. The minimum Gasteiger partial charge on any atom is -0.289 e. The lowest BCUT2D eigenvalue weighted by atomic mass is 9.91. The topological polar surface area (TPSA) is 40.9 Å². The molecular formula is C22H16FNO. The molecule has 0 bridgehead atoms. The monoisotopic (exact) mass is 329 g/mol.